The van der Waals surface area contributed by atoms with Gasteiger partial charge in [0, 0.05) is 17.6 Å². The summed E-state index contributed by atoms with van der Waals surface area (Å²) >= 11 is 0. The van der Waals surface area contributed by atoms with Crippen molar-refractivity contribution in [1.82, 2.24) is 10.3 Å². The lowest BCUT2D eigenvalue weighted by Gasteiger charge is -2.16. The van der Waals surface area contributed by atoms with Crippen molar-refractivity contribution in [2.45, 2.75) is 25.3 Å². The number of hydrogen-bond donors (Lipinski definition) is 1. The van der Waals surface area contributed by atoms with E-state index in [1.807, 2.05) is 25.4 Å². The van der Waals surface area contributed by atoms with E-state index in [9.17, 15) is 0 Å². The SMILES string of the molecule is C=CCCCC(NC)c1ccc2ncccc2c1. The number of benzene rings is 1. The zero-order chi connectivity index (χ0) is 12.8. The van der Waals surface area contributed by atoms with Crippen LogP contribution in [0.15, 0.2) is 49.2 Å². The van der Waals surface area contributed by atoms with Gasteiger partial charge in [-0.15, -0.1) is 6.58 Å². The Morgan fingerprint density at radius 1 is 1.39 bits per heavy atom. The Morgan fingerprint density at radius 2 is 2.28 bits per heavy atom. The molecular formula is C16H20N2. The van der Waals surface area contributed by atoms with Crippen molar-refractivity contribution in [3.8, 4) is 0 Å². The van der Waals surface area contributed by atoms with Gasteiger partial charge in [-0.2, -0.15) is 0 Å². The lowest BCUT2D eigenvalue weighted by atomic mass is 9.99. The highest BCUT2D eigenvalue weighted by Gasteiger charge is 2.09. The molecule has 2 nitrogen and oxygen atoms in total. The molecule has 2 aromatic rings. The maximum absolute atomic E-state index is 4.35. The third-order valence-corrected chi connectivity index (χ3v) is 3.28. The smallest absolute Gasteiger partial charge is 0.0702 e. The highest BCUT2D eigenvalue weighted by atomic mass is 14.9. The average molecular weight is 240 g/mol. The molecular weight excluding hydrogens is 220 g/mol. The van der Waals surface area contributed by atoms with E-state index < -0.39 is 0 Å². The summed E-state index contributed by atoms with van der Waals surface area (Å²) in [5.41, 5.74) is 2.39. The first-order valence-electron chi connectivity index (χ1n) is 6.48. The normalized spacial score (nSPS) is 12.5. The van der Waals surface area contributed by atoms with E-state index in [1.54, 1.807) is 0 Å². The van der Waals surface area contributed by atoms with Crippen molar-refractivity contribution in [3.63, 3.8) is 0 Å². The number of unbranched alkanes of at least 4 members (excludes halogenated alkanes) is 1. The second kappa shape index (κ2) is 6.31. The van der Waals surface area contributed by atoms with Gasteiger partial charge in [-0.25, -0.2) is 0 Å². The van der Waals surface area contributed by atoms with Crippen molar-refractivity contribution in [3.05, 3.63) is 54.7 Å². The number of nitrogens with zero attached hydrogens (tertiary/aromatic N) is 1. The summed E-state index contributed by atoms with van der Waals surface area (Å²) in [6.45, 7) is 3.77. The summed E-state index contributed by atoms with van der Waals surface area (Å²) in [5.74, 6) is 0. The molecule has 0 aliphatic carbocycles. The van der Waals surface area contributed by atoms with Gasteiger partial charge in [0.25, 0.3) is 0 Å². The Kier molecular flexibility index (Phi) is 4.48. The van der Waals surface area contributed by atoms with Gasteiger partial charge in [-0.1, -0.05) is 18.2 Å². The molecule has 1 unspecified atom stereocenters. The van der Waals surface area contributed by atoms with Gasteiger partial charge in [-0.05, 0) is 50.1 Å². The van der Waals surface area contributed by atoms with Gasteiger partial charge in [0.05, 0.1) is 5.52 Å². The Morgan fingerprint density at radius 3 is 3.06 bits per heavy atom. The third kappa shape index (κ3) is 2.96. The number of fused-ring (bicyclic) bond motifs is 1. The quantitative estimate of drug-likeness (QED) is 0.612. The Hall–Kier alpha value is -1.67. The summed E-state index contributed by atoms with van der Waals surface area (Å²) in [7, 11) is 2.02. The summed E-state index contributed by atoms with van der Waals surface area (Å²) in [4.78, 5) is 4.35. The number of pyridine rings is 1. The number of rotatable bonds is 6. The van der Waals surface area contributed by atoms with E-state index >= 15 is 0 Å². The lowest BCUT2D eigenvalue weighted by molar-refractivity contribution is 0.530. The van der Waals surface area contributed by atoms with Crippen LogP contribution in [0, 0.1) is 0 Å². The zero-order valence-corrected chi connectivity index (χ0v) is 10.9. The van der Waals surface area contributed by atoms with E-state index in [1.165, 1.54) is 17.4 Å². The van der Waals surface area contributed by atoms with E-state index in [2.05, 4.69) is 41.1 Å². The molecule has 1 aromatic heterocycles. The molecule has 1 N–H and O–H groups in total. The monoisotopic (exact) mass is 240 g/mol. The first-order valence-corrected chi connectivity index (χ1v) is 6.48. The first-order chi connectivity index (χ1) is 8.85. The molecule has 0 aliphatic heterocycles. The zero-order valence-electron chi connectivity index (χ0n) is 10.9. The minimum Gasteiger partial charge on any atom is -0.313 e. The van der Waals surface area contributed by atoms with Crippen LogP contribution in [0.2, 0.25) is 0 Å². The van der Waals surface area contributed by atoms with E-state index in [4.69, 9.17) is 0 Å². The standard InChI is InChI=1S/C16H20N2/c1-3-4-5-8-15(17-2)14-9-10-16-13(12-14)7-6-11-18-16/h3,6-7,9-12,15,17H,1,4-5,8H2,2H3. The molecule has 1 atom stereocenters. The molecule has 2 heteroatoms. The minimum absolute atomic E-state index is 0.412. The lowest BCUT2D eigenvalue weighted by Crippen LogP contribution is -2.16. The van der Waals surface area contributed by atoms with Gasteiger partial charge in [0.15, 0.2) is 0 Å². The van der Waals surface area contributed by atoms with Gasteiger partial charge < -0.3 is 5.32 Å². The number of nitrogens with one attached hydrogen (secondary N) is 1. The topological polar surface area (TPSA) is 24.9 Å². The molecule has 0 saturated heterocycles. The molecule has 1 aromatic carbocycles. The number of hydrogen-bond acceptors (Lipinski definition) is 2. The van der Waals surface area contributed by atoms with Crippen molar-refractivity contribution in [1.29, 1.82) is 0 Å². The molecule has 2 rings (SSSR count). The van der Waals surface area contributed by atoms with Gasteiger partial charge in [0.2, 0.25) is 0 Å². The van der Waals surface area contributed by atoms with Crippen LogP contribution in [-0.2, 0) is 0 Å². The molecule has 94 valence electrons. The highest BCUT2D eigenvalue weighted by molar-refractivity contribution is 5.79. The second-order valence-corrected chi connectivity index (χ2v) is 4.52. The number of allylic oxidation sites excluding steroid dienone is 1. The van der Waals surface area contributed by atoms with Crippen molar-refractivity contribution in [2.75, 3.05) is 7.05 Å². The first kappa shape index (κ1) is 12.8. The Balaban J connectivity index is 2.19. The molecule has 0 radical (unpaired) electrons. The Bertz CT molecular complexity index is 519. The van der Waals surface area contributed by atoms with Crippen LogP contribution >= 0.6 is 0 Å². The fourth-order valence-electron chi connectivity index (χ4n) is 2.25. The summed E-state index contributed by atoms with van der Waals surface area (Å²) in [6.07, 6.45) is 7.19. The fraction of sp³-hybridized carbons (Fsp3) is 0.312. The summed E-state index contributed by atoms with van der Waals surface area (Å²) in [5, 5.41) is 4.59. The van der Waals surface area contributed by atoms with Crippen LogP contribution in [0.4, 0.5) is 0 Å². The average Bonchev–Trinajstić information content (AvgIpc) is 2.43. The van der Waals surface area contributed by atoms with Crippen LogP contribution in [0.25, 0.3) is 10.9 Å². The van der Waals surface area contributed by atoms with Crippen LogP contribution in [-0.4, -0.2) is 12.0 Å². The Labute approximate surface area is 109 Å². The molecule has 0 aliphatic rings. The maximum atomic E-state index is 4.35. The molecule has 1 heterocycles. The van der Waals surface area contributed by atoms with Gasteiger partial charge >= 0.3 is 0 Å². The molecule has 0 bridgehead atoms. The van der Waals surface area contributed by atoms with E-state index in [-0.39, 0.29) is 0 Å². The van der Waals surface area contributed by atoms with Crippen molar-refractivity contribution in [2.24, 2.45) is 0 Å². The molecule has 0 spiro atoms. The van der Waals surface area contributed by atoms with Gasteiger partial charge in [-0.3, -0.25) is 4.98 Å². The van der Waals surface area contributed by atoms with Crippen LogP contribution in [0.1, 0.15) is 30.9 Å². The van der Waals surface area contributed by atoms with Gasteiger partial charge in [0.1, 0.15) is 0 Å². The summed E-state index contributed by atoms with van der Waals surface area (Å²) in [6, 6.07) is 11.0. The van der Waals surface area contributed by atoms with Crippen molar-refractivity contribution >= 4 is 10.9 Å². The number of aromatic nitrogens is 1. The fourth-order valence-corrected chi connectivity index (χ4v) is 2.25. The molecule has 0 amide bonds. The maximum Gasteiger partial charge on any atom is 0.0702 e. The molecule has 0 saturated carbocycles. The van der Waals surface area contributed by atoms with E-state index in [0.29, 0.717) is 6.04 Å². The predicted octanol–water partition coefficient (Wildman–Crippen LogP) is 3.85. The molecule has 18 heavy (non-hydrogen) atoms. The van der Waals surface area contributed by atoms with Crippen LogP contribution < -0.4 is 5.32 Å². The molecule has 0 fully saturated rings. The van der Waals surface area contributed by atoms with Crippen molar-refractivity contribution < 1.29 is 0 Å². The predicted molar refractivity (Wildman–Crippen MR) is 77.6 cm³/mol. The van der Waals surface area contributed by atoms with Crippen LogP contribution in [0.5, 0.6) is 0 Å². The van der Waals surface area contributed by atoms with Crippen LogP contribution in [0.3, 0.4) is 0 Å². The third-order valence-electron chi connectivity index (χ3n) is 3.28. The minimum atomic E-state index is 0.412. The van der Waals surface area contributed by atoms with E-state index in [0.717, 1.165) is 18.4 Å². The highest BCUT2D eigenvalue weighted by Crippen LogP contribution is 2.22. The second-order valence-electron chi connectivity index (χ2n) is 4.52. The largest absolute Gasteiger partial charge is 0.313 e. The summed E-state index contributed by atoms with van der Waals surface area (Å²) < 4.78 is 0.